The first kappa shape index (κ1) is 17.0. The molecule has 0 fully saturated rings. The van der Waals surface area contributed by atoms with Crippen LogP contribution in [0.4, 0.5) is 0 Å². The molecular formula is C20H25N5. The van der Waals surface area contributed by atoms with E-state index < -0.39 is 0 Å². The lowest BCUT2D eigenvalue weighted by atomic mass is 10.2. The average Bonchev–Trinajstić information content (AvgIpc) is 3.07. The minimum Gasteiger partial charge on any atom is -0.357 e. The number of nitrogens with one attached hydrogen (secondary N) is 2. The molecule has 0 unspecified atom stereocenters. The standard InChI is InChI=1S/C20H25N5/c1-2-21-20(24-16-18-9-5-6-12-22-18)23-13-7-14-25-15-11-17-8-3-4-10-19(17)25/h3-6,8-12,15H,2,7,13-14,16H2,1H3,(H2,21,23,24). The number of aryl methyl sites for hydroxylation is 1. The van der Waals surface area contributed by atoms with Crippen molar-refractivity contribution in [2.75, 3.05) is 13.1 Å². The van der Waals surface area contributed by atoms with Crippen LogP contribution in [0.1, 0.15) is 19.0 Å². The zero-order valence-electron chi connectivity index (χ0n) is 14.7. The molecule has 0 bridgehead atoms. The molecule has 3 rings (SSSR count). The highest BCUT2D eigenvalue weighted by atomic mass is 15.2. The molecule has 2 aromatic heterocycles. The van der Waals surface area contributed by atoms with Gasteiger partial charge >= 0.3 is 0 Å². The first-order chi connectivity index (χ1) is 12.4. The summed E-state index contributed by atoms with van der Waals surface area (Å²) in [6.45, 7) is 5.36. The van der Waals surface area contributed by atoms with E-state index in [0.29, 0.717) is 6.54 Å². The fourth-order valence-electron chi connectivity index (χ4n) is 2.79. The number of aromatic nitrogens is 2. The molecule has 0 aliphatic carbocycles. The summed E-state index contributed by atoms with van der Waals surface area (Å²) in [5, 5.41) is 7.97. The van der Waals surface area contributed by atoms with Crippen molar-refractivity contribution in [1.29, 1.82) is 0 Å². The number of guanidine groups is 1. The summed E-state index contributed by atoms with van der Waals surface area (Å²) < 4.78 is 2.30. The highest BCUT2D eigenvalue weighted by Gasteiger charge is 2.01. The SMILES string of the molecule is CCNC(=NCc1ccccn1)NCCCn1ccc2ccccc21. The number of para-hydroxylation sites is 1. The molecule has 0 atom stereocenters. The Morgan fingerprint density at radius 1 is 1.08 bits per heavy atom. The Morgan fingerprint density at radius 2 is 1.96 bits per heavy atom. The maximum atomic E-state index is 4.59. The Hall–Kier alpha value is -2.82. The fraction of sp³-hybridized carbons (Fsp3) is 0.300. The summed E-state index contributed by atoms with van der Waals surface area (Å²) in [6, 6.07) is 16.5. The Labute approximate surface area is 148 Å². The van der Waals surface area contributed by atoms with Crippen LogP contribution in [-0.2, 0) is 13.1 Å². The molecule has 0 saturated carbocycles. The second-order valence-corrected chi connectivity index (χ2v) is 5.86. The van der Waals surface area contributed by atoms with Gasteiger partial charge in [-0.15, -0.1) is 0 Å². The summed E-state index contributed by atoms with van der Waals surface area (Å²) in [7, 11) is 0. The van der Waals surface area contributed by atoms with E-state index in [1.165, 1.54) is 10.9 Å². The predicted octanol–water partition coefficient (Wildman–Crippen LogP) is 3.18. The molecule has 0 radical (unpaired) electrons. The third kappa shape index (κ3) is 4.83. The van der Waals surface area contributed by atoms with Gasteiger partial charge in [0.15, 0.2) is 5.96 Å². The number of pyridine rings is 1. The first-order valence-electron chi connectivity index (χ1n) is 8.83. The molecular weight excluding hydrogens is 310 g/mol. The van der Waals surface area contributed by atoms with Crippen LogP contribution in [0.3, 0.4) is 0 Å². The van der Waals surface area contributed by atoms with E-state index in [4.69, 9.17) is 0 Å². The van der Waals surface area contributed by atoms with Gasteiger partial charge in [-0.25, -0.2) is 4.99 Å². The van der Waals surface area contributed by atoms with Crippen LogP contribution in [0.5, 0.6) is 0 Å². The lowest BCUT2D eigenvalue weighted by Crippen LogP contribution is -2.38. The molecule has 130 valence electrons. The van der Waals surface area contributed by atoms with E-state index in [1.54, 1.807) is 6.20 Å². The number of hydrogen-bond acceptors (Lipinski definition) is 2. The van der Waals surface area contributed by atoms with Crippen LogP contribution >= 0.6 is 0 Å². The number of rotatable bonds is 7. The molecule has 2 N–H and O–H groups in total. The van der Waals surface area contributed by atoms with Gasteiger partial charge < -0.3 is 15.2 Å². The highest BCUT2D eigenvalue weighted by molar-refractivity contribution is 5.80. The van der Waals surface area contributed by atoms with Gasteiger partial charge in [0.25, 0.3) is 0 Å². The van der Waals surface area contributed by atoms with Crippen molar-refractivity contribution < 1.29 is 0 Å². The number of hydrogen-bond donors (Lipinski definition) is 2. The lowest BCUT2D eigenvalue weighted by Gasteiger charge is -2.12. The highest BCUT2D eigenvalue weighted by Crippen LogP contribution is 2.15. The van der Waals surface area contributed by atoms with Gasteiger partial charge in [-0.2, -0.15) is 0 Å². The van der Waals surface area contributed by atoms with Crippen molar-refractivity contribution in [1.82, 2.24) is 20.2 Å². The Morgan fingerprint density at radius 3 is 2.80 bits per heavy atom. The van der Waals surface area contributed by atoms with Gasteiger partial charge in [0.05, 0.1) is 12.2 Å². The maximum Gasteiger partial charge on any atom is 0.191 e. The Balaban J connectivity index is 1.50. The predicted molar refractivity (Wildman–Crippen MR) is 104 cm³/mol. The normalized spacial score (nSPS) is 11.6. The maximum absolute atomic E-state index is 4.59. The van der Waals surface area contributed by atoms with Crippen molar-refractivity contribution >= 4 is 16.9 Å². The van der Waals surface area contributed by atoms with E-state index in [0.717, 1.165) is 37.7 Å². The van der Waals surface area contributed by atoms with Gasteiger partial charge in [-0.1, -0.05) is 24.3 Å². The zero-order valence-corrected chi connectivity index (χ0v) is 14.7. The molecule has 0 spiro atoms. The molecule has 5 heteroatoms. The fourth-order valence-corrected chi connectivity index (χ4v) is 2.79. The number of nitrogens with zero attached hydrogens (tertiary/aromatic N) is 3. The van der Waals surface area contributed by atoms with Crippen LogP contribution in [0.25, 0.3) is 10.9 Å². The Kier molecular flexibility index (Phi) is 6.04. The molecule has 2 heterocycles. The summed E-state index contributed by atoms with van der Waals surface area (Å²) in [4.78, 5) is 8.90. The number of aliphatic imine (C=N–C) groups is 1. The molecule has 1 aromatic carbocycles. The lowest BCUT2D eigenvalue weighted by molar-refractivity contribution is 0.640. The van der Waals surface area contributed by atoms with E-state index in [9.17, 15) is 0 Å². The molecule has 0 amide bonds. The summed E-state index contributed by atoms with van der Waals surface area (Å²) in [5.41, 5.74) is 2.26. The summed E-state index contributed by atoms with van der Waals surface area (Å²) >= 11 is 0. The molecule has 5 nitrogen and oxygen atoms in total. The summed E-state index contributed by atoms with van der Waals surface area (Å²) in [5.74, 6) is 0.838. The van der Waals surface area contributed by atoms with Crippen LogP contribution in [0.15, 0.2) is 65.9 Å². The molecule has 0 aliphatic heterocycles. The van der Waals surface area contributed by atoms with E-state index in [1.807, 2.05) is 18.2 Å². The van der Waals surface area contributed by atoms with Crippen LogP contribution in [0, 0.1) is 0 Å². The first-order valence-corrected chi connectivity index (χ1v) is 8.83. The Bertz CT molecular complexity index is 807. The second-order valence-electron chi connectivity index (χ2n) is 5.86. The van der Waals surface area contributed by atoms with Crippen LogP contribution in [-0.4, -0.2) is 28.6 Å². The smallest absolute Gasteiger partial charge is 0.191 e. The third-order valence-electron chi connectivity index (χ3n) is 4.02. The average molecular weight is 335 g/mol. The van der Waals surface area contributed by atoms with Gasteiger partial charge in [0, 0.05) is 37.5 Å². The van der Waals surface area contributed by atoms with Gasteiger partial charge in [-0.05, 0) is 43.0 Å². The molecule has 3 aromatic rings. The van der Waals surface area contributed by atoms with Crippen molar-refractivity contribution in [3.8, 4) is 0 Å². The molecule has 0 aliphatic rings. The minimum absolute atomic E-state index is 0.582. The topological polar surface area (TPSA) is 54.2 Å². The number of fused-ring (bicyclic) bond motifs is 1. The summed E-state index contributed by atoms with van der Waals surface area (Å²) in [6.07, 6.45) is 4.99. The number of benzene rings is 1. The largest absolute Gasteiger partial charge is 0.357 e. The minimum atomic E-state index is 0.582. The van der Waals surface area contributed by atoms with Crippen molar-refractivity contribution in [2.24, 2.45) is 4.99 Å². The second kappa shape index (κ2) is 8.87. The molecule has 25 heavy (non-hydrogen) atoms. The van der Waals surface area contributed by atoms with E-state index in [-0.39, 0.29) is 0 Å². The van der Waals surface area contributed by atoms with Gasteiger partial charge in [0.1, 0.15) is 0 Å². The zero-order chi connectivity index (χ0) is 17.3. The van der Waals surface area contributed by atoms with Gasteiger partial charge in [0.2, 0.25) is 0 Å². The van der Waals surface area contributed by atoms with E-state index in [2.05, 4.69) is 68.6 Å². The molecule has 0 saturated heterocycles. The monoisotopic (exact) mass is 335 g/mol. The van der Waals surface area contributed by atoms with Crippen molar-refractivity contribution in [3.63, 3.8) is 0 Å². The van der Waals surface area contributed by atoms with Gasteiger partial charge in [-0.3, -0.25) is 4.98 Å². The van der Waals surface area contributed by atoms with E-state index >= 15 is 0 Å². The van der Waals surface area contributed by atoms with Crippen molar-refractivity contribution in [3.05, 3.63) is 66.6 Å². The van der Waals surface area contributed by atoms with Crippen LogP contribution < -0.4 is 10.6 Å². The third-order valence-corrected chi connectivity index (χ3v) is 4.02. The van der Waals surface area contributed by atoms with Crippen molar-refractivity contribution in [2.45, 2.75) is 26.4 Å². The quantitative estimate of drug-likeness (QED) is 0.396. The van der Waals surface area contributed by atoms with Crippen LogP contribution in [0.2, 0.25) is 0 Å².